The molecule has 0 amide bonds. The molecule has 9 atom stereocenters. The van der Waals surface area contributed by atoms with Crippen LogP contribution in [-0.4, -0.2) is 65.3 Å². The molecule has 4 aliphatic rings. The van der Waals surface area contributed by atoms with Crippen LogP contribution < -0.4 is 0 Å². The summed E-state index contributed by atoms with van der Waals surface area (Å²) in [6.07, 6.45) is 17.0. The maximum atomic E-state index is 12.9. The first-order chi connectivity index (χ1) is 17.8. The second-order valence-corrected chi connectivity index (χ2v) is 11.5. The molecular weight excluding hydrogens is 468 g/mol. The van der Waals surface area contributed by atoms with Gasteiger partial charge in [-0.25, -0.2) is 0 Å². The van der Waals surface area contributed by atoms with Crippen LogP contribution in [0.1, 0.15) is 65.2 Å². The molecule has 1 fully saturated rings. The van der Waals surface area contributed by atoms with Crippen molar-refractivity contribution in [2.24, 2.45) is 11.8 Å². The van der Waals surface area contributed by atoms with Crippen LogP contribution >= 0.6 is 0 Å². The molecule has 1 saturated heterocycles. The van der Waals surface area contributed by atoms with Crippen LogP contribution in [0.2, 0.25) is 0 Å². The zero-order valence-electron chi connectivity index (χ0n) is 22.3. The largest absolute Gasteiger partial charge is 0.390 e. The van der Waals surface area contributed by atoms with Gasteiger partial charge in [-0.1, -0.05) is 61.1 Å². The maximum absolute atomic E-state index is 12.9. The van der Waals surface area contributed by atoms with E-state index in [2.05, 4.69) is 38.7 Å². The van der Waals surface area contributed by atoms with Gasteiger partial charge in [-0.3, -0.25) is 4.79 Å². The predicted molar refractivity (Wildman–Crippen MR) is 144 cm³/mol. The van der Waals surface area contributed by atoms with Crippen molar-refractivity contribution < 1.29 is 29.2 Å². The lowest BCUT2D eigenvalue weighted by atomic mass is 9.88. The van der Waals surface area contributed by atoms with Gasteiger partial charge in [-0.05, 0) is 69.8 Å². The molecule has 0 aromatic rings. The minimum atomic E-state index is -0.805. The standard InChI is InChI=1S/C31H44O6/c1-20-12-13-35-26(15-20)10-11-28(33)23-18-24(32)6-4-7-25-8-5-9-27(36-25)16-21(2)14-22(3)17-29(34)31-30(19-23)37-31/h4-6,8,10-12,21,23,25-31,33-34H,3,7,9,13-19H2,1-2H3/b6-4-,11-10+/t21-,23-,25+,26+,27-,28-,29-,30+,31-/m0/s1. The Labute approximate surface area is 221 Å². The Morgan fingerprint density at radius 3 is 2.76 bits per heavy atom. The Hall–Kier alpha value is -1.83. The number of ketones is 1. The number of carbonyl (C=O) groups excluding carboxylic acids is 1. The van der Waals surface area contributed by atoms with Crippen molar-refractivity contribution in [3.8, 4) is 0 Å². The Bertz CT molecular complexity index is 917. The van der Waals surface area contributed by atoms with E-state index >= 15 is 0 Å². The van der Waals surface area contributed by atoms with Crippen molar-refractivity contribution in [3.05, 3.63) is 60.3 Å². The van der Waals surface area contributed by atoms with E-state index < -0.39 is 12.2 Å². The second kappa shape index (κ2) is 13.3. The fourth-order valence-corrected chi connectivity index (χ4v) is 5.81. The number of aliphatic hydroxyl groups is 2. The summed E-state index contributed by atoms with van der Waals surface area (Å²) in [6.45, 7) is 9.07. The quantitative estimate of drug-likeness (QED) is 0.418. The minimum absolute atomic E-state index is 0.0256. The molecule has 0 unspecified atom stereocenters. The highest BCUT2D eigenvalue weighted by Gasteiger charge is 2.46. The van der Waals surface area contributed by atoms with Crippen LogP contribution in [0.25, 0.3) is 0 Å². The Morgan fingerprint density at radius 1 is 1.11 bits per heavy atom. The molecule has 37 heavy (non-hydrogen) atoms. The fourth-order valence-electron chi connectivity index (χ4n) is 5.81. The van der Waals surface area contributed by atoms with Crippen molar-refractivity contribution in [3.63, 3.8) is 0 Å². The number of allylic oxidation sites excluding steroid dienone is 1. The number of hydrogen-bond acceptors (Lipinski definition) is 6. The van der Waals surface area contributed by atoms with E-state index in [4.69, 9.17) is 14.2 Å². The van der Waals surface area contributed by atoms with Gasteiger partial charge >= 0.3 is 0 Å². The smallest absolute Gasteiger partial charge is 0.155 e. The maximum Gasteiger partial charge on any atom is 0.155 e. The first-order valence-electron chi connectivity index (χ1n) is 13.9. The molecule has 0 aliphatic carbocycles. The molecular formula is C31H44O6. The topological polar surface area (TPSA) is 88.5 Å². The van der Waals surface area contributed by atoms with Gasteiger partial charge < -0.3 is 24.4 Å². The molecule has 2 bridgehead atoms. The van der Waals surface area contributed by atoms with Gasteiger partial charge in [-0.2, -0.15) is 0 Å². The Morgan fingerprint density at radius 2 is 1.95 bits per heavy atom. The molecule has 204 valence electrons. The summed E-state index contributed by atoms with van der Waals surface area (Å²) < 4.78 is 17.8. The average Bonchev–Trinajstić information content (AvgIpc) is 3.61. The molecule has 4 aliphatic heterocycles. The third kappa shape index (κ3) is 8.86. The molecule has 4 rings (SSSR count). The van der Waals surface area contributed by atoms with Crippen LogP contribution in [0, 0.1) is 11.8 Å². The van der Waals surface area contributed by atoms with Crippen LogP contribution in [-0.2, 0) is 19.0 Å². The SMILES string of the molecule is C=C1C[C@H](C)C[C@@H]2CC=C[C@@H](C/C=C\C(=O)C[C@H]([C@@H](O)/C=C/[C@@H]3CC(C)=CCO3)C[C@H]3O[C@H]3[C@@H](O)C1)O2. The summed E-state index contributed by atoms with van der Waals surface area (Å²) in [5.74, 6) is 0.0676. The summed E-state index contributed by atoms with van der Waals surface area (Å²) in [5.41, 5.74) is 2.29. The number of rotatable bonds is 3. The molecule has 6 heteroatoms. The highest BCUT2D eigenvalue weighted by atomic mass is 16.6. The van der Waals surface area contributed by atoms with Gasteiger partial charge in [0.1, 0.15) is 6.10 Å². The Balaban J connectivity index is 1.44. The summed E-state index contributed by atoms with van der Waals surface area (Å²) in [6, 6.07) is 0. The van der Waals surface area contributed by atoms with Crippen LogP contribution in [0.3, 0.4) is 0 Å². The Kier molecular flexibility index (Phi) is 10.1. The van der Waals surface area contributed by atoms with Crippen LogP contribution in [0.5, 0.6) is 0 Å². The predicted octanol–water partition coefficient (Wildman–Crippen LogP) is 4.77. The molecule has 2 N–H and O–H groups in total. The normalized spacial score (nSPS) is 39.8. The van der Waals surface area contributed by atoms with Crippen molar-refractivity contribution >= 4 is 5.78 Å². The lowest BCUT2D eigenvalue weighted by molar-refractivity contribution is -0.116. The van der Waals surface area contributed by atoms with E-state index in [9.17, 15) is 15.0 Å². The molecule has 0 saturated carbocycles. The van der Waals surface area contributed by atoms with E-state index in [1.807, 2.05) is 12.2 Å². The zero-order valence-corrected chi connectivity index (χ0v) is 22.3. The van der Waals surface area contributed by atoms with E-state index in [0.717, 1.165) is 31.3 Å². The summed E-state index contributed by atoms with van der Waals surface area (Å²) >= 11 is 0. The van der Waals surface area contributed by atoms with E-state index in [1.54, 1.807) is 12.2 Å². The molecule has 0 radical (unpaired) electrons. The van der Waals surface area contributed by atoms with Gasteiger partial charge in [0, 0.05) is 6.42 Å². The highest BCUT2D eigenvalue weighted by Crippen LogP contribution is 2.36. The van der Waals surface area contributed by atoms with E-state index in [0.29, 0.717) is 31.8 Å². The summed E-state index contributed by atoms with van der Waals surface area (Å²) in [4.78, 5) is 12.9. The molecule has 0 spiro atoms. The third-order valence-electron chi connectivity index (χ3n) is 7.86. The van der Waals surface area contributed by atoms with Crippen molar-refractivity contribution in [2.45, 2.75) is 108 Å². The summed E-state index contributed by atoms with van der Waals surface area (Å²) in [7, 11) is 0. The van der Waals surface area contributed by atoms with Crippen LogP contribution in [0.15, 0.2) is 60.3 Å². The summed E-state index contributed by atoms with van der Waals surface area (Å²) in [5, 5.41) is 21.8. The van der Waals surface area contributed by atoms with Crippen LogP contribution in [0.4, 0.5) is 0 Å². The zero-order chi connectivity index (χ0) is 26.4. The number of aliphatic hydroxyl groups excluding tert-OH is 2. The van der Waals surface area contributed by atoms with Gasteiger partial charge in [0.25, 0.3) is 0 Å². The first-order valence-corrected chi connectivity index (χ1v) is 13.9. The second-order valence-electron chi connectivity index (χ2n) is 11.5. The third-order valence-corrected chi connectivity index (χ3v) is 7.86. The lowest BCUT2D eigenvalue weighted by Crippen LogP contribution is -2.27. The number of ether oxygens (including phenoxy) is 3. The monoisotopic (exact) mass is 512 g/mol. The van der Waals surface area contributed by atoms with Crippen molar-refractivity contribution in [2.75, 3.05) is 6.61 Å². The molecule has 6 nitrogen and oxygen atoms in total. The van der Waals surface area contributed by atoms with E-state index in [-0.39, 0.29) is 48.6 Å². The molecule has 4 heterocycles. The number of epoxide rings is 1. The van der Waals surface area contributed by atoms with Gasteiger partial charge in [0.05, 0.1) is 43.2 Å². The average molecular weight is 513 g/mol. The van der Waals surface area contributed by atoms with Gasteiger partial charge in [0.2, 0.25) is 0 Å². The molecule has 0 aromatic carbocycles. The minimum Gasteiger partial charge on any atom is -0.390 e. The van der Waals surface area contributed by atoms with E-state index in [1.165, 1.54) is 5.57 Å². The first kappa shape index (κ1) is 28.2. The van der Waals surface area contributed by atoms with Crippen molar-refractivity contribution in [1.29, 1.82) is 0 Å². The number of carbonyl (C=O) groups is 1. The number of fused-ring (bicyclic) bond motifs is 3. The van der Waals surface area contributed by atoms with Crippen molar-refractivity contribution in [1.82, 2.24) is 0 Å². The van der Waals surface area contributed by atoms with Gasteiger partial charge in [-0.15, -0.1) is 0 Å². The highest BCUT2D eigenvalue weighted by molar-refractivity contribution is 5.89. The fraction of sp³-hybridized carbons (Fsp3) is 0.645. The molecule has 0 aromatic heterocycles. The lowest BCUT2D eigenvalue weighted by Gasteiger charge is -2.28. The number of hydrogen-bond donors (Lipinski definition) is 2. The van der Waals surface area contributed by atoms with Gasteiger partial charge in [0.15, 0.2) is 5.78 Å².